The minimum Gasteiger partial charge on any atom is -0.467 e. The molecule has 2 aromatic heterocycles. The molecule has 0 fully saturated rings. The molecule has 3 aromatic carbocycles. The van der Waals surface area contributed by atoms with Crippen LogP contribution < -0.4 is 5.32 Å². The highest BCUT2D eigenvalue weighted by atomic mass is 32.2. The fourth-order valence-electron chi connectivity index (χ4n) is 4.48. The van der Waals surface area contributed by atoms with Crippen molar-refractivity contribution >= 4 is 40.3 Å². The average Bonchev–Trinajstić information content (AvgIpc) is 3.62. The van der Waals surface area contributed by atoms with E-state index in [1.54, 1.807) is 35.1 Å². The van der Waals surface area contributed by atoms with Crippen molar-refractivity contribution in [3.63, 3.8) is 0 Å². The Bertz CT molecular complexity index is 1610. The topological polar surface area (TPSA) is 110 Å². The zero-order chi connectivity index (χ0) is 26.1. The number of hydrogen-bond donors (Lipinski definition) is 1. The third-order valence-electron chi connectivity index (χ3n) is 6.24. The van der Waals surface area contributed by atoms with Crippen LogP contribution in [-0.4, -0.2) is 43.1 Å². The Hall–Kier alpha value is -4.70. The first kappa shape index (κ1) is 23.7. The molecule has 3 heterocycles. The van der Waals surface area contributed by atoms with Gasteiger partial charge in [0.05, 0.1) is 25.1 Å². The van der Waals surface area contributed by atoms with E-state index in [-0.39, 0.29) is 36.6 Å². The van der Waals surface area contributed by atoms with Gasteiger partial charge in [0.1, 0.15) is 5.76 Å². The molecule has 0 aliphatic carbocycles. The number of rotatable bonds is 8. The lowest BCUT2D eigenvalue weighted by Gasteiger charge is -2.27. The van der Waals surface area contributed by atoms with Crippen LogP contribution in [0.2, 0.25) is 0 Å². The number of para-hydroxylation sites is 1. The van der Waals surface area contributed by atoms with Crippen LogP contribution >= 0.6 is 11.8 Å². The monoisotopic (exact) mass is 523 g/mol. The molecule has 0 atom stereocenters. The molecule has 0 unspecified atom stereocenters. The number of carbonyl (C=O) groups excluding carboxylic acids is 3. The second-order valence-electron chi connectivity index (χ2n) is 8.62. The van der Waals surface area contributed by atoms with E-state index in [1.807, 2.05) is 54.6 Å². The molecule has 9 nitrogen and oxygen atoms in total. The smallest absolute Gasteiger partial charge is 0.261 e. The van der Waals surface area contributed by atoms with Crippen molar-refractivity contribution < 1.29 is 18.8 Å². The Kier molecular flexibility index (Phi) is 6.22. The van der Waals surface area contributed by atoms with Crippen molar-refractivity contribution in [3.05, 3.63) is 108 Å². The molecule has 0 bridgehead atoms. The van der Waals surface area contributed by atoms with Crippen molar-refractivity contribution in [2.24, 2.45) is 0 Å². The number of amides is 3. The Balaban J connectivity index is 1.27. The summed E-state index contributed by atoms with van der Waals surface area (Å²) >= 11 is 1.21. The predicted octanol–water partition coefficient (Wildman–Crippen LogP) is 4.22. The third kappa shape index (κ3) is 4.35. The molecule has 188 valence electrons. The molecule has 1 N–H and O–H groups in total. The van der Waals surface area contributed by atoms with Gasteiger partial charge in [0, 0.05) is 22.2 Å². The molecule has 0 radical (unpaired) electrons. The van der Waals surface area contributed by atoms with Gasteiger partial charge in [0.25, 0.3) is 11.8 Å². The highest BCUT2D eigenvalue weighted by molar-refractivity contribution is 7.99. The van der Waals surface area contributed by atoms with E-state index >= 15 is 0 Å². The predicted molar refractivity (Wildman–Crippen MR) is 141 cm³/mol. The standard InChI is InChI=1S/C28H21N5O4S/c34-24(29-15-20-11-6-14-37-20)17-38-28-31-30-23(33(28)19-9-2-1-3-10-19)16-32-26(35)21-12-4-7-18-8-5-13-22(25(18)21)27(32)36/h1-14H,15-17H2,(H,29,34). The van der Waals surface area contributed by atoms with Gasteiger partial charge in [0.2, 0.25) is 5.91 Å². The van der Waals surface area contributed by atoms with E-state index in [1.165, 1.54) is 16.7 Å². The summed E-state index contributed by atoms with van der Waals surface area (Å²) in [6, 6.07) is 23.8. The zero-order valence-electron chi connectivity index (χ0n) is 20.0. The molecule has 6 rings (SSSR count). The summed E-state index contributed by atoms with van der Waals surface area (Å²) in [5.74, 6) is 0.209. The fourth-order valence-corrected chi connectivity index (χ4v) is 5.28. The third-order valence-corrected chi connectivity index (χ3v) is 7.17. The van der Waals surface area contributed by atoms with E-state index in [9.17, 15) is 14.4 Å². The highest BCUT2D eigenvalue weighted by Gasteiger charge is 2.34. The van der Waals surface area contributed by atoms with Gasteiger partial charge in [-0.1, -0.05) is 54.2 Å². The molecule has 0 spiro atoms. The van der Waals surface area contributed by atoms with Crippen molar-refractivity contribution in [1.29, 1.82) is 0 Å². The first-order valence-electron chi connectivity index (χ1n) is 11.9. The van der Waals surface area contributed by atoms with Crippen LogP contribution in [0.3, 0.4) is 0 Å². The van der Waals surface area contributed by atoms with E-state index in [0.717, 1.165) is 11.1 Å². The van der Waals surface area contributed by atoms with Crippen LogP contribution in [0.1, 0.15) is 32.3 Å². The zero-order valence-corrected chi connectivity index (χ0v) is 20.9. The summed E-state index contributed by atoms with van der Waals surface area (Å²) in [5.41, 5.74) is 1.71. The van der Waals surface area contributed by atoms with E-state index in [4.69, 9.17) is 4.42 Å². The second-order valence-corrected chi connectivity index (χ2v) is 9.56. The van der Waals surface area contributed by atoms with Crippen molar-refractivity contribution in [1.82, 2.24) is 25.0 Å². The van der Waals surface area contributed by atoms with Crippen LogP contribution in [0, 0.1) is 0 Å². The van der Waals surface area contributed by atoms with E-state index < -0.39 is 0 Å². The molecule has 0 saturated heterocycles. The van der Waals surface area contributed by atoms with Gasteiger partial charge in [-0.15, -0.1) is 10.2 Å². The molecule has 1 aliphatic heterocycles. The van der Waals surface area contributed by atoms with Crippen LogP contribution in [0.15, 0.2) is 94.7 Å². The van der Waals surface area contributed by atoms with Crippen LogP contribution in [0.25, 0.3) is 16.5 Å². The lowest BCUT2D eigenvalue weighted by atomic mass is 9.94. The number of nitrogens with one attached hydrogen (secondary N) is 1. The number of furan rings is 1. The molecular formula is C28H21N5O4S. The van der Waals surface area contributed by atoms with Gasteiger partial charge in [0.15, 0.2) is 11.0 Å². The molecule has 3 amide bonds. The second kappa shape index (κ2) is 9.98. The summed E-state index contributed by atoms with van der Waals surface area (Å²) in [7, 11) is 0. The van der Waals surface area contributed by atoms with Crippen LogP contribution in [0.5, 0.6) is 0 Å². The first-order valence-corrected chi connectivity index (χ1v) is 12.9. The number of carbonyl (C=O) groups is 3. The Morgan fingerprint density at radius 1 is 0.868 bits per heavy atom. The first-order chi connectivity index (χ1) is 18.6. The Labute approximate surface area is 221 Å². The van der Waals surface area contributed by atoms with Crippen molar-refractivity contribution in [2.45, 2.75) is 18.2 Å². The van der Waals surface area contributed by atoms with Gasteiger partial charge in [-0.05, 0) is 41.8 Å². The van der Waals surface area contributed by atoms with Gasteiger partial charge in [-0.25, -0.2) is 0 Å². The molecule has 1 aliphatic rings. The molecule has 0 saturated carbocycles. The minimum absolute atomic E-state index is 0.0739. The molecule has 5 aromatic rings. The number of thioether (sulfide) groups is 1. The normalized spacial score (nSPS) is 12.8. The summed E-state index contributed by atoms with van der Waals surface area (Å²) in [6.07, 6.45) is 1.55. The number of hydrogen-bond acceptors (Lipinski definition) is 7. The quantitative estimate of drug-likeness (QED) is 0.240. The van der Waals surface area contributed by atoms with E-state index in [2.05, 4.69) is 15.5 Å². The lowest BCUT2D eigenvalue weighted by Crippen LogP contribution is -2.40. The summed E-state index contributed by atoms with van der Waals surface area (Å²) in [5, 5.41) is 13.4. The SMILES string of the molecule is O=C(CSc1nnc(CN2C(=O)c3cccc4cccc(c34)C2=O)n1-c1ccccc1)NCc1ccco1. The summed E-state index contributed by atoms with van der Waals surface area (Å²) < 4.78 is 7.02. The van der Waals surface area contributed by atoms with Gasteiger partial charge >= 0.3 is 0 Å². The maximum Gasteiger partial charge on any atom is 0.261 e. The number of imide groups is 1. The molecule has 38 heavy (non-hydrogen) atoms. The minimum atomic E-state index is -0.381. The Morgan fingerprint density at radius 3 is 2.29 bits per heavy atom. The number of aromatic nitrogens is 3. The van der Waals surface area contributed by atoms with Gasteiger partial charge in [-0.2, -0.15) is 0 Å². The van der Waals surface area contributed by atoms with Crippen LogP contribution in [0.4, 0.5) is 0 Å². The Morgan fingerprint density at radius 2 is 1.61 bits per heavy atom. The maximum atomic E-state index is 13.4. The summed E-state index contributed by atoms with van der Waals surface area (Å²) in [4.78, 5) is 40.5. The average molecular weight is 524 g/mol. The number of nitrogens with zero attached hydrogens (tertiary/aromatic N) is 4. The van der Waals surface area contributed by atoms with E-state index in [0.29, 0.717) is 33.3 Å². The highest BCUT2D eigenvalue weighted by Crippen LogP contribution is 2.31. The largest absolute Gasteiger partial charge is 0.467 e. The van der Waals surface area contributed by atoms with Crippen LogP contribution in [-0.2, 0) is 17.9 Å². The van der Waals surface area contributed by atoms with Crippen molar-refractivity contribution in [3.8, 4) is 5.69 Å². The van der Waals surface area contributed by atoms with Crippen molar-refractivity contribution in [2.75, 3.05) is 5.75 Å². The fraction of sp³-hybridized carbons (Fsp3) is 0.107. The summed E-state index contributed by atoms with van der Waals surface area (Å²) in [6.45, 7) is 0.214. The molecular weight excluding hydrogens is 502 g/mol. The van der Waals surface area contributed by atoms with Gasteiger partial charge in [-0.3, -0.25) is 23.9 Å². The number of benzene rings is 3. The lowest BCUT2D eigenvalue weighted by molar-refractivity contribution is -0.118. The maximum absolute atomic E-state index is 13.4. The molecule has 10 heteroatoms. The van der Waals surface area contributed by atoms with Gasteiger partial charge < -0.3 is 9.73 Å².